The number of benzene rings is 2. The van der Waals surface area contributed by atoms with Crippen LogP contribution in [0.4, 0.5) is 5.69 Å². The molecule has 0 atom stereocenters. The highest BCUT2D eigenvalue weighted by atomic mass is 32.2. The molecule has 3 aromatic rings. The van der Waals surface area contributed by atoms with Gasteiger partial charge in [0.2, 0.25) is 10.0 Å². The summed E-state index contributed by atoms with van der Waals surface area (Å²) in [6.45, 7) is 3.67. The molecule has 1 aromatic heterocycles. The van der Waals surface area contributed by atoms with Gasteiger partial charge in [-0.15, -0.1) is 11.3 Å². The van der Waals surface area contributed by atoms with Crippen molar-refractivity contribution in [1.82, 2.24) is 4.98 Å². The Labute approximate surface area is 133 Å². The third-order valence-electron chi connectivity index (χ3n) is 3.33. The van der Waals surface area contributed by atoms with E-state index in [2.05, 4.69) is 28.8 Å². The molecule has 6 heteroatoms. The molecule has 3 rings (SSSR count). The van der Waals surface area contributed by atoms with E-state index in [1.54, 1.807) is 30.4 Å². The van der Waals surface area contributed by atoms with Crippen molar-refractivity contribution in [3.05, 3.63) is 48.0 Å². The van der Waals surface area contributed by atoms with Crippen LogP contribution >= 0.6 is 11.3 Å². The summed E-state index contributed by atoms with van der Waals surface area (Å²) in [5.74, 6) is 0.0615. The molecule has 1 heterocycles. The molecule has 0 aliphatic heterocycles. The average molecular weight is 332 g/mol. The van der Waals surface area contributed by atoms with Gasteiger partial charge in [-0.25, -0.2) is 13.4 Å². The second kappa shape index (κ2) is 5.70. The molecule has 0 unspecified atom stereocenters. The molecule has 0 amide bonds. The van der Waals surface area contributed by atoms with Crippen LogP contribution in [0.5, 0.6) is 0 Å². The summed E-state index contributed by atoms with van der Waals surface area (Å²) >= 11 is 1.64. The molecule has 0 saturated carbocycles. The Morgan fingerprint density at radius 1 is 1.14 bits per heavy atom. The molecule has 114 valence electrons. The molecule has 0 saturated heterocycles. The van der Waals surface area contributed by atoms with Gasteiger partial charge in [0.05, 0.1) is 16.0 Å². The largest absolute Gasteiger partial charge is 0.284 e. The Hall–Kier alpha value is -1.92. The fraction of sp³-hybridized carbons (Fsp3) is 0.188. The van der Waals surface area contributed by atoms with E-state index in [0.29, 0.717) is 5.69 Å². The average Bonchev–Trinajstić information content (AvgIpc) is 2.90. The zero-order valence-electron chi connectivity index (χ0n) is 12.3. The van der Waals surface area contributed by atoms with E-state index >= 15 is 0 Å². The zero-order valence-corrected chi connectivity index (χ0v) is 14.0. The van der Waals surface area contributed by atoms with Crippen LogP contribution in [-0.4, -0.2) is 19.2 Å². The van der Waals surface area contributed by atoms with Gasteiger partial charge in [0.1, 0.15) is 5.01 Å². The number of hydrogen-bond acceptors (Lipinski definition) is 4. The van der Waals surface area contributed by atoms with Gasteiger partial charge in [0.25, 0.3) is 0 Å². The van der Waals surface area contributed by atoms with Crippen LogP contribution in [0.2, 0.25) is 0 Å². The standard InChI is InChI=1S/C16H16N2O2S2/c1-3-22(19,20)18-13-7-5-12(6-8-13)16-17-14-9-4-11(2)10-15(14)21-16/h4-10,18H,3H2,1-2H3. The number of sulfonamides is 1. The van der Waals surface area contributed by atoms with Gasteiger partial charge in [-0.1, -0.05) is 6.07 Å². The van der Waals surface area contributed by atoms with Gasteiger partial charge < -0.3 is 0 Å². The number of thiazole rings is 1. The molecule has 0 spiro atoms. The number of hydrogen-bond donors (Lipinski definition) is 1. The predicted molar refractivity (Wildman–Crippen MR) is 92.9 cm³/mol. The van der Waals surface area contributed by atoms with E-state index in [0.717, 1.165) is 20.8 Å². The highest BCUT2D eigenvalue weighted by Gasteiger charge is 2.09. The molecule has 22 heavy (non-hydrogen) atoms. The minimum Gasteiger partial charge on any atom is -0.284 e. The van der Waals surface area contributed by atoms with Crippen molar-refractivity contribution in [2.24, 2.45) is 0 Å². The summed E-state index contributed by atoms with van der Waals surface area (Å²) in [5, 5.41) is 0.936. The van der Waals surface area contributed by atoms with Crippen LogP contribution in [0.25, 0.3) is 20.8 Å². The van der Waals surface area contributed by atoms with Gasteiger partial charge in [-0.05, 0) is 55.8 Å². The van der Waals surface area contributed by atoms with Gasteiger partial charge in [0.15, 0.2) is 0 Å². The van der Waals surface area contributed by atoms with Gasteiger partial charge in [-0.2, -0.15) is 0 Å². The van der Waals surface area contributed by atoms with Crippen molar-refractivity contribution in [2.45, 2.75) is 13.8 Å². The molecule has 0 radical (unpaired) electrons. The number of nitrogens with zero attached hydrogens (tertiary/aromatic N) is 1. The number of nitrogens with one attached hydrogen (secondary N) is 1. The first-order valence-corrected chi connectivity index (χ1v) is 9.42. The lowest BCUT2D eigenvalue weighted by Crippen LogP contribution is -2.14. The van der Waals surface area contributed by atoms with E-state index in [1.807, 2.05) is 18.2 Å². The summed E-state index contributed by atoms with van der Waals surface area (Å²) in [4.78, 5) is 4.62. The minimum atomic E-state index is -3.24. The van der Waals surface area contributed by atoms with E-state index in [1.165, 1.54) is 5.56 Å². The van der Waals surface area contributed by atoms with Crippen LogP contribution in [0, 0.1) is 6.92 Å². The Bertz CT molecular complexity index is 913. The Morgan fingerprint density at radius 3 is 2.55 bits per heavy atom. The van der Waals surface area contributed by atoms with Crippen molar-refractivity contribution in [2.75, 3.05) is 10.5 Å². The SMILES string of the molecule is CCS(=O)(=O)Nc1ccc(-c2nc3ccc(C)cc3s2)cc1. The molecule has 0 bridgehead atoms. The molecule has 4 nitrogen and oxygen atoms in total. The van der Waals surface area contributed by atoms with Crippen molar-refractivity contribution in [3.8, 4) is 10.6 Å². The molecule has 0 fully saturated rings. The maximum atomic E-state index is 11.6. The summed E-state index contributed by atoms with van der Waals surface area (Å²) in [5.41, 5.74) is 3.76. The molecule has 2 aromatic carbocycles. The van der Waals surface area contributed by atoms with Gasteiger partial charge in [0, 0.05) is 11.3 Å². The maximum absolute atomic E-state index is 11.6. The lowest BCUT2D eigenvalue weighted by Gasteiger charge is -2.06. The number of fused-ring (bicyclic) bond motifs is 1. The summed E-state index contributed by atoms with van der Waals surface area (Å²) in [6.07, 6.45) is 0. The van der Waals surface area contributed by atoms with Crippen molar-refractivity contribution in [3.63, 3.8) is 0 Å². The van der Waals surface area contributed by atoms with Crippen molar-refractivity contribution >= 4 is 37.3 Å². The van der Waals surface area contributed by atoms with Crippen LogP contribution in [-0.2, 0) is 10.0 Å². The molecular weight excluding hydrogens is 316 g/mol. The Morgan fingerprint density at radius 2 is 1.86 bits per heavy atom. The fourth-order valence-electron chi connectivity index (χ4n) is 2.09. The Kier molecular flexibility index (Phi) is 3.88. The minimum absolute atomic E-state index is 0.0615. The second-order valence-corrected chi connectivity index (χ2v) is 8.11. The smallest absolute Gasteiger partial charge is 0.232 e. The summed E-state index contributed by atoms with van der Waals surface area (Å²) in [6, 6.07) is 13.5. The Balaban J connectivity index is 1.91. The predicted octanol–water partition coefficient (Wildman–Crippen LogP) is 4.03. The van der Waals surface area contributed by atoms with Gasteiger partial charge in [-0.3, -0.25) is 4.72 Å². The number of aromatic nitrogens is 1. The van der Waals surface area contributed by atoms with Crippen LogP contribution in [0.3, 0.4) is 0 Å². The first-order valence-electron chi connectivity index (χ1n) is 6.95. The lowest BCUT2D eigenvalue weighted by atomic mass is 10.2. The first kappa shape index (κ1) is 15.0. The van der Waals surface area contributed by atoms with Crippen LogP contribution < -0.4 is 4.72 Å². The molecule has 0 aliphatic carbocycles. The topological polar surface area (TPSA) is 59.1 Å². The highest BCUT2D eigenvalue weighted by Crippen LogP contribution is 2.31. The maximum Gasteiger partial charge on any atom is 0.232 e. The summed E-state index contributed by atoms with van der Waals surface area (Å²) < 4.78 is 26.8. The van der Waals surface area contributed by atoms with E-state index < -0.39 is 10.0 Å². The van der Waals surface area contributed by atoms with Crippen molar-refractivity contribution < 1.29 is 8.42 Å². The molecular formula is C16H16N2O2S2. The van der Waals surface area contributed by atoms with Crippen molar-refractivity contribution in [1.29, 1.82) is 0 Å². The number of anilines is 1. The monoisotopic (exact) mass is 332 g/mol. The normalized spacial score (nSPS) is 11.7. The molecule has 0 aliphatic rings. The van der Waals surface area contributed by atoms with E-state index in [-0.39, 0.29) is 5.75 Å². The van der Waals surface area contributed by atoms with E-state index in [9.17, 15) is 8.42 Å². The third-order valence-corrected chi connectivity index (χ3v) is 5.70. The van der Waals surface area contributed by atoms with Crippen LogP contribution in [0.1, 0.15) is 12.5 Å². The quantitative estimate of drug-likeness (QED) is 0.784. The first-order chi connectivity index (χ1) is 10.5. The lowest BCUT2D eigenvalue weighted by molar-refractivity contribution is 0.602. The second-order valence-electron chi connectivity index (χ2n) is 5.07. The van der Waals surface area contributed by atoms with Crippen LogP contribution in [0.15, 0.2) is 42.5 Å². The third kappa shape index (κ3) is 3.13. The fourth-order valence-corrected chi connectivity index (χ4v) is 3.80. The number of rotatable bonds is 4. The molecule has 1 N–H and O–H groups in total. The highest BCUT2D eigenvalue weighted by molar-refractivity contribution is 7.92. The zero-order chi connectivity index (χ0) is 15.7. The number of aryl methyl sites for hydroxylation is 1. The summed E-state index contributed by atoms with van der Waals surface area (Å²) in [7, 11) is -3.24. The van der Waals surface area contributed by atoms with Gasteiger partial charge >= 0.3 is 0 Å². The van der Waals surface area contributed by atoms with E-state index in [4.69, 9.17) is 0 Å².